The molecule has 1 saturated heterocycles. The number of pyridine rings is 1. The highest BCUT2D eigenvalue weighted by atomic mass is 16.4. The molecule has 4 aromatic rings. The normalized spacial score (nSPS) is 17.6. The highest BCUT2D eigenvalue weighted by Gasteiger charge is 2.34. The third-order valence-corrected chi connectivity index (χ3v) is 7.54. The second kappa shape index (κ2) is 8.51. The molecule has 2 aliphatic heterocycles. The summed E-state index contributed by atoms with van der Waals surface area (Å²) in [7, 11) is 1.80. The first kappa shape index (κ1) is 22.3. The summed E-state index contributed by atoms with van der Waals surface area (Å²) in [5, 5.41) is 15.1. The molecule has 1 aromatic carbocycles. The number of rotatable bonds is 3. The van der Waals surface area contributed by atoms with Crippen molar-refractivity contribution in [2.24, 2.45) is 7.05 Å². The number of aryl methyl sites for hydroxylation is 2. The molecular formula is C27H28N6O3. The second-order valence-electron chi connectivity index (χ2n) is 9.81. The SMILES string of the molecule is Cc1c[nH]c2ncc(-c3cc4c(c(C5CCCN5C(=O)O)c3)CN(C(=O)c3cnn(C)c3)CC4)cc12. The molecule has 0 aliphatic carbocycles. The van der Waals surface area contributed by atoms with Crippen LogP contribution in [0.25, 0.3) is 22.2 Å². The summed E-state index contributed by atoms with van der Waals surface area (Å²) in [6.45, 7) is 3.63. The van der Waals surface area contributed by atoms with Gasteiger partial charge in [0.05, 0.1) is 17.8 Å². The maximum absolute atomic E-state index is 13.2. The summed E-state index contributed by atoms with van der Waals surface area (Å²) in [4.78, 5) is 36.5. The number of H-pyrrole nitrogens is 1. The molecule has 1 atom stereocenters. The Bertz CT molecular complexity index is 1500. The minimum atomic E-state index is -0.901. The maximum atomic E-state index is 13.2. The molecule has 0 saturated carbocycles. The van der Waals surface area contributed by atoms with E-state index in [1.807, 2.05) is 17.3 Å². The van der Waals surface area contributed by atoms with Gasteiger partial charge in [-0.1, -0.05) is 6.07 Å². The summed E-state index contributed by atoms with van der Waals surface area (Å²) in [5.41, 5.74) is 7.81. The van der Waals surface area contributed by atoms with E-state index in [1.54, 1.807) is 29.0 Å². The van der Waals surface area contributed by atoms with Crippen LogP contribution in [0.4, 0.5) is 4.79 Å². The average molecular weight is 485 g/mol. The van der Waals surface area contributed by atoms with Gasteiger partial charge in [-0.15, -0.1) is 0 Å². The first-order valence-corrected chi connectivity index (χ1v) is 12.3. The highest BCUT2D eigenvalue weighted by molar-refractivity contribution is 5.94. The van der Waals surface area contributed by atoms with E-state index in [1.165, 1.54) is 5.56 Å². The van der Waals surface area contributed by atoms with E-state index in [0.29, 0.717) is 31.6 Å². The van der Waals surface area contributed by atoms with Crippen molar-refractivity contribution in [3.8, 4) is 11.1 Å². The number of hydrogen-bond acceptors (Lipinski definition) is 4. The molecule has 9 heteroatoms. The lowest BCUT2D eigenvalue weighted by Gasteiger charge is -2.33. The van der Waals surface area contributed by atoms with Gasteiger partial charge in [0.1, 0.15) is 5.65 Å². The van der Waals surface area contributed by atoms with Crippen LogP contribution in [0.2, 0.25) is 0 Å². The molecule has 5 heterocycles. The van der Waals surface area contributed by atoms with Gasteiger partial charge in [-0.3, -0.25) is 9.48 Å². The Hall–Kier alpha value is -4.14. The molecule has 0 radical (unpaired) electrons. The smallest absolute Gasteiger partial charge is 0.407 e. The Morgan fingerprint density at radius 1 is 1.14 bits per heavy atom. The lowest BCUT2D eigenvalue weighted by molar-refractivity contribution is 0.0732. The Morgan fingerprint density at radius 2 is 2.00 bits per heavy atom. The van der Waals surface area contributed by atoms with Gasteiger partial charge in [-0.05, 0) is 66.1 Å². The van der Waals surface area contributed by atoms with Gasteiger partial charge in [0.2, 0.25) is 0 Å². The molecule has 0 spiro atoms. The quantitative estimate of drug-likeness (QED) is 0.451. The van der Waals surface area contributed by atoms with E-state index in [4.69, 9.17) is 0 Å². The molecule has 0 bridgehead atoms. The van der Waals surface area contributed by atoms with Crippen molar-refractivity contribution in [1.82, 2.24) is 29.5 Å². The molecule has 2 N–H and O–H groups in total. The van der Waals surface area contributed by atoms with Gasteiger partial charge in [0.25, 0.3) is 5.91 Å². The van der Waals surface area contributed by atoms with Crippen molar-refractivity contribution in [2.75, 3.05) is 13.1 Å². The number of carbonyl (C=O) groups excluding carboxylic acids is 1. The largest absolute Gasteiger partial charge is 0.465 e. The van der Waals surface area contributed by atoms with Crippen molar-refractivity contribution >= 4 is 23.0 Å². The van der Waals surface area contributed by atoms with Gasteiger partial charge >= 0.3 is 6.09 Å². The fourth-order valence-electron chi connectivity index (χ4n) is 5.66. The zero-order valence-corrected chi connectivity index (χ0v) is 20.4. The number of amides is 2. The standard InChI is InChI=1S/C27H28N6O3/c1-16-11-28-25-21(16)10-19(12-29-25)18-8-17-5-7-32(26(34)20-13-30-31(2)14-20)15-23(17)22(9-18)24-4-3-6-33(24)27(35)36/h8-14,24H,3-7,15H2,1-2H3,(H,28,29)(H,35,36). The Kier molecular flexibility index (Phi) is 5.28. The molecule has 6 rings (SSSR count). The third kappa shape index (κ3) is 3.71. The fraction of sp³-hybridized carbons (Fsp3) is 0.333. The Morgan fingerprint density at radius 3 is 2.78 bits per heavy atom. The summed E-state index contributed by atoms with van der Waals surface area (Å²) in [6.07, 6.45) is 8.55. The molecule has 9 nitrogen and oxygen atoms in total. The number of nitrogens with one attached hydrogen (secondary N) is 1. The summed E-state index contributed by atoms with van der Waals surface area (Å²) in [5.74, 6) is -0.0529. The number of likely N-dealkylation sites (tertiary alicyclic amines) is 1. The van der Waals surface area contributed by atoms with E-state index in [0.717, 1.165) is 51.7 Å². The molecule has 3 aromatic heterocycles. The lowest BCUT2D eigenvalue weighted by Crippen LogP contribution is -2.37. The molecule has 36 heavy (non-hydrogen) atoms. The van der Waals surface area contributed by atoms with Crippen molar-refractivity contribution in [3.63, 3.8) is 0 Å². The third-order valence-electron chi connectivity index (χ3n) is 7.54. The lowest BCUT2D eigenvalue weighted by atomic mass is 9.86. The fourth-order valence-corrected chi connectivity index (χ4v) is 5.66. The minimum absolute atomic E-state index is 0.0529. The summed E-state index contributed by atoms with van der Waals surface area (Å²) in [6, 6.07) is 6.23. The van der Waals surface area contributed by atoms with Gasteiger partial charge in [-0.25, -0.2) is 9.78 Å². The predicted molar refractivity (Wildman–Crippen MR) is 135 cm³/mol. The van der Waals surface area contributed by atoms with Gasteiger partial charge in [-0.2, -0.15) is 5.10 Å². The number of nitrogens with zero attached hydrogens (tertiary/aromatic N) is 5. The second-order valence-corrected chi connectivity index (χ2v) is 9.81. The van der Waals surface area contributed by atoms with Crippen LogP contribution in [-0.4, -0.2) is 59.7 Å². The van der Waals surface area contributed by atoms with Crippen LogP contribution < -0.4 is 0 Å². The number of benzene rings is 1. The Balaban J connectivity index is 1.44. The number of carboxylic acid groups (broad SMARTS) is 1. The van der Waals surface area contributed by atoms with E-state index in [-0.39, 0.29) is 11.9 Å². The topological polar surface area (TPSA) is 107 Å². The van der Waals surface area contributed by atoms with Gasteiger partial charge in [0.15, 0.2) is 0 Å². The van der Waals surface area contributed by atoms with Crippen LogP contribution in [0.15, 0.2) is 43.0 Å². The summed E-state index contributed by atoms with van der Waals surface area (Å²) < 4.78 is 1.63. The van der Waals surface area contributed by atoms with E-state index in [9.17, 15) is 14.7 Å². The zero-order valence-electron chi connectivity index (χ0n) is 20.4. The summed E-state index contributed by atoms with van der Waals surface area (Å²) >= 11 is 0. The van der Waals surface area contributed by atoms with E-state index >= 15 is 0 Å². The number of aromatic nitrogens is 4. The van der Waals surface area contributed by atoms with E-state index in [2.05, 4.69) is 40.2 Å². The Labute approximate surface area is 208 Å². The first-order valence-electron chi connectivity index (χ1n) is 12.3. The van der Waals surface area contributed by atoms with Crippen molar-refractivity contribution in [3.05, 3.63) is 70.8 Å². The van der Waals surface area contributed by atoms with Crippen LogP contribution in [0, 0.1) is 6.92 Å². The number of carbonyl (C=O) groups is 2. The van der Waals surface area contributed by atoms with Crippen LogP contribution in [0.5, 0.6) is 0 Å². The van der Waals surface area contributed by atoms with Crippen molar-refractivity contribution in [1.29, 1.82) is 0 Å². The van der Waals surface area contributed by atoms with Crippen LogP contribution in [-0.2, 0) is 20.0 Å². The van der Waals surface area contributed by atoms with Crippen molar-refractivity contribution in [2.45, 2.75) is 38.8 Å². The minimum Gasteiger partial charge on any atom is -0.465 e. The monoisotopic (exact) mass is 484 g/mol. The maximum Gasteiger partial charge on any atom is 0.407 e. The van der Waals surface area contributed by atoms with E-state index < -0.39 is 6.09 Å². The number of hydrogen-bond donors (Lipinski definition) is 2. The van der Waals surface area contributed by atoms with Crippen molar-refractivity contribution < 1.29 is 14.7 Å². The molecule has 1 unspecified atom stereocenters. The van der Waals surface area contributed by atoms with Gasteiger partial charge < -0.3 is 19.9 Å². The zero-order chi connectivity index (χ0) is 25.0. The molecule has 2 amide bonds. The van der Waals surface area contributed by atoms with Crippen LogP contribution in [0.3, 0.4) is 0 Å². The van der Waals surface area contributed by atoms with Crippen LogP contribution >= 0.6 is 0 Å². The first-order chi connectivity index (χ1) is 17.4. The predicted octanol–water partition coefficient (Wildman–Crippen LogP) is 4.29. The van der Waals surface area contributed by atoms with Crippen LogP contribution in [0.1, 0.15) is 51.5 Å². The molecular weight excluding hydrogens is 456 g/mol. The average Bonchev–Trinajstić information content (AvgIpc) is 3.63. The highest BCUT2D eigenvalue weighted by Crippen LogP contribution is 2.40. The number of aromatic amines is 1. The molecule has 1 fully saturated rings. The number of fused-ring (bicyclic) bond motifs is 2. The molecule has 184 valence electrons. The van der Waals surface area contributed by atoms with Gasteiger partial charge in [0, 0.05) is 56.2 Å². The molecule has 2 aliphatic rings.